The highest BCUT2D eigenvalue weighted by Gasteiger charge is 2.14. The zero-order valence-corrected chi connectivity index (χ0v) is 18.9. The first-order chi connectivity index (χ1) is 15.2. The molecule has 0 spiro atoms. The largest absolute Gasteiger partial charge is 0.357 e. The fraction of sp³-hybridized carbons (Fsp3) is 0.273. The molecule has 0 amide bonds. The predicted octanol–water partition coefficient (Wildman–Crippen LogP) is 4.59. The first-order valence-corrected chi connectivity index (χ1v) is 11.8. The molecule has 0 saturated heterocycles. The van der Waals surface area contributed by atoms with E-state index in [4.69, 9.17) is 0 Å². The molecule has 2 N–H and O–H groups in total. The lowest BCUT2D eigenvalue weighted by atomic mass is 10.2. The van der Waals surface area contributed by atoms with E-state index in [0.29, 0.717) is 29.1 Å². The summed E-state index contributed by atoms with van der Waals surface area (Å²) in [6.07, 6.45) is 0. The van der Waals surface area contributed by atoms with Crippen LogP contribution in [0.3, 0.4) is 0 Å². The van der Waals surface area contributed by atoms with Crippen LogP contribution in [0, 0.1) is 18.6 Å². The number of hydrogen-bond acceptors (Lipinski definition) is 6. The zero-order valence-electron chi connectivity index (χ0n) is 18.1. The molecule has 2 aromatic carbocycles. The minimum absolute atomic E-state index is 0.0245. The molecule has 0 fully saturated rings. The maximum atomic E-state index is 13.3. The lowest BCUT2D eigenvalue weighted by molar-refractivity contribution is 0.579. The Morgan fingerprint density at radius 2 is 1.50 bits per heavy atom. The van der Waals surface area contributed by atoms with Gasteiger partial charge in [0.2, 0.25) is 10.0 Å². The number of aromatic nitrogens is 2. The van der Waals surface area contributed by atoms with Gasteiger partial charge in [0, 0.05) is 36.6 Å². The van der Waals surface area contributed by atoms with Crippen LogP contribution in [-0.4, -0.2) is 31.5 Å². The quantitative estimate of drug-likeness (QED) is 0.485. The molecule has 0 saturated carbocycles. The van der Waals surface area contributed by atoms with Crippen LogP contribution in [-0.2, 0) is 15.8 Å². The smallest absolute Gasteiger partial charge is 0.236 e. The third kappa shape index (κ3) is 6.36. The third-order valence-corrected chi connectivity index (χ3v) is 5.88. The van der Waals surface area contributed by atoms with Gasteiger partial charge in [0.05, 0.1) is 5.75 Å². The summed E-state index contributed by atoms with van der Waals surface area (Å²) in [5, 5.41) is 3.19. The second-order valence-electron chi connectivity index (χ2n) is 7.17. The SMILES string of the molecule is CCN(CC)c1cc(Nc2ccc(NS(=O)(=O)Cc3cc(F)cc(F)c3)cc2)nc(C)n1. The molecule has 1 aromatic heterocycles. The van der Waals surface area contributed by atoms with Gasteiger partial charge in [-0.2, -0.15) is 0 Å². The maximum absolute atomic E-state index is 13.3. The van der Waals surface area contributed by atoms with Crippen molar-refractivity contribution in [3.8, 4) is 0 Å². The highest BCUT2D eigenvalue weighted by molar-refractivity contribution is 7.91. The number of rotatable bonds is 9. The summed E-state index contributed by atoms with van der Waals surface area (Å²) >= 11 is 0. The fourth-order valence-electron chi connectivity index (χ4n) is 3.22. The Balaban J connectivity index is 1.70. The minimum atomic E-state index is -3.85. The predicted molar refractivity (Wildman–Crippen MR) is 123 cm³/mol. The molecule has 0 aliphatic rings. The third-order valence-electron chi connectivity index (χ3n) is 4.62. The van der Waals surface area contributed by atoms with Crippen molar-refractivity contribution in [2.24, 2.45) is 0 Å². The highest BCUT2D eigenvalue weighted by Crippen LogP contribution is 2.22. The molecular formula is C22H25F2N5O2S. The van der Waals surface area contributed by atoms with Crippen LogP contribution in [0.25, 0.3) is 0 Å². The van der Waals surface area contributed by atoms with Gasteiger partial charge >= 0.3 is 0 Å². The summed E-state index contributed by atoms with van der Waals surface area (Å²) in [4.78, 5) is 11.0. The van der Waals surface area contributed by atoms with E-state index in [0.717, 1.165) is 31.0 Å². The Labute approximate surface area is 186 Å². The number of sulfonamides is 1. The number of hydrogen-bond donors (Lipinski definition) is 2. The van der Waals surface area contributed by atoms with Crippen LogP contribution in [0.2, 0.25) is 0 Å². The van der Waals surface area contributed by atoms with Crippen molar-refractivity contribution in [3.63, 3.8) is 0 Å². The molecule has 0 unspecified atom stereocenters. The minimum Gasteiger partial charge on any atom is -0.357 e. The summed E-state index contributed by atoms with van der Waals surface area (Å²) in [5.41, 5.74) is 1.07. The maximum Gasteiger partial charge on any atom is 0.236 e. The van der Waals surface area contributed by atoms with Gasteiger partial charge in [-0.05, 0) is 62.7 Å². The Bertz CT molecular complexity index is 1160. The van der Waals surface area contributed by atoms with Crippen molar-refractivity contribution in [2.75, 3.05) is 28.0 Å². The van der Waals surface area contributed by atoms with Crippen molar-refractivity contribution >= 4 is 33.0 Å². The highest BCUT2D eigenvalue weighted by atomic mass is 32.2. The van der Waals surface area contributed by atoms with Gasteiger partial charge in [0.15, 0.2) is 0 Å². The van der Waals surface area contributed by atoms with E-state index < -0.39 is 27.4 Å². The standard InChI is InChI=1S/C22H25F2N5O2S/c1-4-29(5-2)22-13-21(25-15(3)26-22)27-19-6-8-20(9-7-19)28-32(30,31)14-16-10-17(23)12-18(24)11-16/h6-13,28H,4-5,14H2,1-3H3,(H,25,26,27). The number of anilines is 4. The number of nitrogens with zero attached hydrogens (tertiary/aromatic N) is 3. The molecule has 1 heterocycles. The van der Waals surface area contributed by atoms with E-state index >= 15 is 0 Å². The Kier molecular flexibility index (Phi) is 7.24. The van der Waals surface area contributed by atoms with E-state index in [-0.39, 0.29) is 5.56 Å². The number of nitrogens with one attached hydrogen (secondary N) is 2. The van der Waals surface area contributed by atoms with Gasteiger partial charge in [0.25, 0.3) is 0 Å². The molecule has 0 aliphatic heterocycles. The van der Waals surface area contributed by atoms with Crippen LogP contribution < -0.4 is 14.9 Å². The van der Waals surface area contributed by atoms with Gasteiger partial charge < -0.3 is 10.2 Å². The molecule has 0 bridgehead atoms. The van der Waals surface area contributed by atoms with Crippen LogP contribution in [0.15, 0.2) is 48.5 Å². The van der Waals surface area contributed by atoms with Crippen LogP contribution in [0.1, 0.15) is 25.2 Å². The van der Waals surface area contributed by atoms with Gasteiger partial charge in [-0.15, -0.1) is 0 Å². The normalized spacial score (nSPS) is 11.3. The van der Waals surface area contributed by atoms with Crippen molar-refractivity contribution in [2.45, 2.75) is 26.5 Å². The second-order valence-corrected chi connectivity index (χ2v) is 8.89. The summed E-state index contributed by atoms with van der Waals surface area (Å²) in [5.74, 6) is -0.112. The average Bonchev–Trinajstić information content (AvgIpc) is 2.68. The van der Waals surface area contributed by atoms with Crippen molar-refractivity contribution < 1.29 is 17.2 Å². The number of aryl methyl sites for hydroxylation is 1. The molecule has 3 aromatic rings. The fourth-order valence-corrected chi connectivity index (χ4v) is 4.40. The van der Waals surface area contributed by atoms with E-state index in [9.17, 15) is 17.2 Å². The Hall–Kier alpha value is -3.27. The van der Waals surface area contributed by atoms with E-state index in [1.807, 2.05) is 13.0 Å². The van der Waals surface area contributed by atoms with Crippen LogP contribution >= 0.6 is 0 Å². The zero-order chi connectivity index (χ0) is 23.3. The molecule has 10 heteroatoms. The van der Waals surface area contributed by atoms with Crippen molar-refractivity contribution in [3.05, 3.63) is 71.6 Å². The van der Waals surface area contributed by atoms with Crippen molar-refractivity contribution in [1.29, 1.82) is 0 Å². The van der Waals surface area contributed by atoms with E-state index in [2.05, 4.69) is 38.8 Å². The lowest BCUT2D eigenvalue weighted by Gasteiger charge is -2.20. The number of halogens is 2. The molecule has 3 rings (SSSR count). The van der Waals surface area contributed by atoms with E-state index in [1.165, 1.54) is 0 Å². The average molecular weight is 462 g/mol. The molecule has 0 radical (unpaired) electrons. The first-order valence-electron chi connectivity index (χ1n) is 10.1. The lowest BCUT2D eigenvalue weighted by Crippen LogP contribution is -2.23. The second kappa shape index (κ2) is 9.90. The van der Waals surface area contributed by atoms with Crippen molar-refractivity contribution in [1.82, 2.24) is 9.97 Å². The molecule has 7 nitrogen and oxygen atoms in total. The molecule has 32 heavy (non-hydrogen) atoms. The van der Waals surface area contributed by atoms with Gasteiger partial charge in [-0.25, -0.2) is 27.2 Å². The summed E-state index contributed by atoms with van der Waals surface area (Å²) < 4.78 is 53.8. The van der Waals surface area contributed by atoms with Gasteiger partial charge in [-0.3, -0.25) is 4.72 Å². The van der Waals surface area contributed by atoms with E-state index in [1.54, 1.807) is 24.3 Å². The van der Waals surface area contributed by atoms with Gasteiger partial charge in [-0.1, -0.05) is 0 Å². The summed E-state index contributed by atoms with van der Waals surface area (Å²) in [7, 11) is -3.85. The monoisotopic (exact) mass is 461 g/mol. The Morgan fingerprint density at radius 1 is 0.906 bits per heavy atom. The summed E-state index contributed by atoms with van der Waals surface area (Å²) in [6.45, 7) is 7.57. The first kappa shape index (κ1) is 23.4. The van der Waals surface area contributed by atoms with Gasteiger partial charge in [0.1, 0.15) is 29.1 Å². The van der Waals surface area contributed by atoms with Crippen LogP contribution in [0.4, 0.5) is 31.8 Å². The topological polar surface area (TPSA) is 87.2 Å². The number of benzene rings is 2. The Morgan fingerprint density at radius 3 is 2.09 bits per heavy atom. The molecular weight excluding hydrogens is 436 g/mol. The summed E-state index contributed by atoms with van der Waals surface area (Å²) in [6, 6.07) is 11.1. The molecule has 0 atom stereocenters. The molecule has 170 valence electrons. The van der Waals surface area contributed by atoms with Crippen LogP contribution in [0.5, 0.6) is 0 Å². The molecule has 0 aliphatic carbocycles.